The molecule has 0 bridgehead atoms. The number of aryl methyl sites for hydroxylation is 2. The topological polar surface area (TPSA) is 91.3 Å². The number of rotatable bonds is 11. The van der Waals surface area contributed by atoms with Crippen molar-refractivity contribution >= 4 is 34.9 Å². The van der Waals surface area contributed by atoms with E-state index in [-0.39, 0.29) is 17.9 Å². The van der Waals surface area contributed by atoms with Crippen LogP contribution in [0.4, 0.5) is 0 Å². The quantitative estimate of drug-likeness (QED) is 0.354. The molecular weight excluding hydrogens is 516 g/mol. The highest BCUT2D eigenvalue weighted by molar-refractivity contribution is 8.00. The molecule has 4 rings (SSSR count). The van der Waals surface area contributed by atoms with E-state index in [9.17, 15) is 9.59 Å². The van der Waals surface area contributed by atoms with Crippen molar-refractivity contribution < 1.29 is 9.59 Å². The zero-order chi connectivity index (χ0) is 26.9. The van der Waals surface area contributed by atoms with Gasteiger partial charge >= 0.3 is 0 Å². The van der Waals surface area contributed by atoms with Crippen molar-refractivity contribution in [1.82, 2.24) is 30.1 Å². The van der Waals surface area contributed by atoms with Crippen LogP contribution in [0, 0.1) is 13.8 Å². The number of thiophene rings is 1. The van der Waals surface area contributed by atoms with Crippen LogP contribution >= 0.6 is 23.1 Å². The molecule has 10 heteroatoms. The Balaban J connectivity index is 1.27. The number of hydrogen-bond donors (Lipinski definition) is 1. The first-order chi connectivity index (χ1) is 18.4. The van der Waals surface area contributed by atoms with Crippen LogP contribution in [0.5, 0.6) is 0 Å². The van der Waals surface area contributed by atoms with Crippen molar-refractivity contribution in [2.75, 3.05) is 25.4 Å². The van der Waals surface area contributed by atoms with Crippen LogP contribution in [0.15, 0.2) is 52.6 Å². The molecule has 0 radical (unpaired) electrons. The molecule has 1 aliphatic rings. The van der Waals surface area contributed by atoms with Crippen LogP contribution in [0.2, 0.25) is 0 Å². The molecule has 0 saturated carbocycles. The third-order valence-electron chi connectivity index (χ3n) is 7.13. The molecule has 3 aromatic rings. The van der Waals surface area contributed by atoms with Crippen LogP contribution in [-0.2, 0) is 11.3 Å². The normalized spacial score (nSPS) is 15.2. The summed E-state index contributed by atoms with van der Waals surface area (Å²) in [6.07, 6.45) is 7.77. The Morgan fingerprint density at radius 1 is 1.16 bits per heavy atom. The molecule has 0 aromatic carbocycles. The van der Waals surface area contributed by atoms with Gasteiger partial charge in [-0.15, -0.1) is 11.8 Å². The van der Waals surface area contributed by atoms with Gasteiger partial charge < -0.3 is 15.1 Å². The number of aromatic nitrogens is 3. The SMILES string of the molecule is Cc1ncnc(C)c1C(=O)NCCC(C)N1CCC(N(Cc2ccsc2)C(=O)CSc2ccncc2)CC1. The maximum Gasteiger partial charge on any atom is 0.254 e. The van der Waals surface area contributed by atoms with Crippen LogP contribution in [-0.4, -0.2) is 74.0 Å². The van der Waals surface area contributed by atoms with Gasteiger partial charge in [0.05, 0.1) is 22.7 Å². The third kappa shape index (κ3) is 7.61. The van der Waals surface area contributed by atoms with Crippen molar-refractivity contribution in [3.63, 3.8) is 0 Å². The molecule has 0 aliphatic carbocycles. The lowest BCUT2D eigenvalue weighted by molar-refractivity contribution is -0.132. The molecule has 38 heavy (non-hydrogen) atoms. The summed E-state index contributed by atoms with van der Waals surface area (Å²) in [6.45, 7) is 9.02. The van der Waals surface area contributed by atoms with Gasteiger partial charge in [0, 0.05) is 55.6 Å². The van der Waals surface area contributed by atoms with E-state index in [1.165, 1.54) is 11.9 Å². The monoisotopic (exact) mass is 552 g/mol. The number of piperidine rings is 1. The molecule has 8 nitrogen and oxygen atoms in total. The third-order valence-corrected chi connectivity index (χ3v) is 8.86. The number of nitrogens with zero attached hydrogens (tertiary/aromatic N) is 5. The molecule has 1 aliphatic heterocycles. The highest BCUT2D eigenvalue weighted by atomic mass is 32.2. The van der Waals surface area contributed by atoms with Gasteiger partial charge in [-0.1, -0.05) is 0 Å². The maximum absolute atomic E-state index is 13.4. The van der Waals surface area contributed by atoms with Crippen LogP contribution in [0.3, 0.4) is 0 Å². The van der Waals surface area contributed by atoms with E-state index < -0.39 is 0 Å². The largest absolute Gasteiger partial charge is 0.352 e. The molecule has 202 valence electrons. The minimum absolute atomic E-state index is 0.112. The lowest BCUT2D eigenvalue weighted by Gasteiger charge is -2.41. The fourth-order valence-corrected chi connectivity index (χ4v) is 6.32. The van der Waals surface area contributed by atoms with Crippen LogP contribution in [0.25, 0.3) is 0 Å². The number of hydrogen-bond acceptors (Lipinski definition) is 8. The predicted octanol–water partition coefficient (Wildman–Crippen LogP) is 4.34. The van der Waals surface area contributed by atoms with Crippen molar-refractivity contribution in [3.8, 4) is 0 Å². The van der Waals surface area contributed by atoms with Gasteiger partial charge in [-0.25, -0.2) is 9.97 Å². The zero-order valence-electron chi connectivity index (χ0n) is 22.3. The Hall–Kier alpha value is -2.82. The highest BCUT2D eigenvalue weighted by Crippen LogP contribution is 2.24. The fraction of sp³-hybridized carbons (Fsp3) is 0.464. The Kier molecular flexibility index (Phi) is 10.3. The highest BCUT2D eigenvalue weighted by Gasteiger charge is 2.29. The summed E-state index contributed by atoms with van der Waals surface area (Å²) in [7, 11) is 0. The van der Waals surface area contributed by atoms with Crippen molar-refractivity contribution in [1.29, 1.82) is 0 Å². The van der Waals surface area contributed by atoms with E-state index in [1.54, 1.807) is 35.5 Å². The molecule has 0 spiro atoms. The molecule has 1 unspecified atom stereocenters. The Labute approximate surface area is 233 Å². The number of thioether (sulfide) groups is 1. The van der Waals surface area contributed by atoms with E-state index in [0.717, 1.165) is 37.2 Å². The molecule has 3 aromatic heterocycles. The number of carbonyl (C=O) groups excluding carboxylic acids is 2. The molecule has 2 amide bonds. The molecule has 1 saturated heterocycles. The predicted molar refractivity (Wildman–Crippen MR) is 152 cm³/mol. The standard InChI is InChI=1S/C28H36N6O2S2/c1-20(4-12-30-28(36)27-21(2)31-19-32-22(27)3)33-13-7-24(8-14-33)34(16-23-9-15-37-17-23)26(35)18-38-25-5-10-29-11-6-25/h5-6,9-11,15,17,19-20,24H,4,7-8,12-14,16,18H2,1-3H3,(H,30,36). The first-order valence-electron chi connectivity index (χ1n) is 13.1. The van der Waals surface area contributed by atoms with Crippen LogP contribution < -0.4 is 5.32 Å². The van der Waals surface area contributed by atoms with Gasteiger partial charge in [-0.05, 0) is 74.6 Å². The number of pyridine rings is 1. The minimum atomic E-state index is -0.112. The molecule has 4 heterocycles. The van der Waals surface area contributed by atoms with E-state index >= 15 is 0 Å². The van der Waals surface area contributed by atoms with Gasteiger partial charge in [0.25, 0.3) is 5.91 Å². The average molecular weight is 553 g/mol. The summed E-state index contributed by atoms with van der Waals surface area (Å²) in [5.41, 5.74) is 3.16. The van der Waals surface area contributed by atoms with Gasteiger partial charge in [0.15, 0.2) is 0 Å². The number of likely N-dealkylation sites (tertiary alicyclic amines) is 1. The first kappa shape index (κ1) is 28.2. The lowest BCUT2D eigenvalue weighted by atomic mass is 10.00. The second-order valence-electron chi connectivity index (χ2n) is 9.71. The van der Waals surface area contributed by atoms with Crippen LogP contribution in [0.1, 0.15) is 53.5 Å². The second kappa shape index (κ2) is 13.8. The summed E-state index contributed by atoms with van der Waals surface area (Å²) < 4.78 is 0. The Morgan fingerprint density at radius 3 is 2.53 bits per heavy atom. The average Bonchev–Trinajstić information content (AvgIpc) is 3.44. The fourth-order valence-electron chi connectivity index (χ4n) is 4.89. The van der Waals surface area contributed by atoms with Crippen molar-refractivity contribution in [2.24, 2.45) is 0 Å². The molecule has 1 N–H and O–H groups in total. The van der Waals surface area contributed by atoms with E-state index in [0.29, 0.717) is 41.8 Å². The van der Waals surface area contributed by atoms with E-state index in [4.69, 9.17) is 0 Å². The summed E-state index contributed by atoms with van der Waals surface area (Å²) in [5.74, 6) is 0.497. The smallest absolute Gasteiger partial charge is 0.254 e. The second-order valence-corrected chi connectivity index (χ2v) is 11.5. The van der Waals surface area contributed by atoms with Gasteiger partial charge in [0.2, 0.25) is 5.91 Å². The van der Waals surface area contributed by atoms with E-state index in [1.807, 2.05) is 26.0 Å². The summed E-state index contributed by atoms with van der Waals surface area (Å²) in [4.78, 5) is 44.0. The number of carbonyl (C=O) groups is 2. The maximum atomic E-state index is 13.4. The Morgan fingerprint density at radius 2 is 1.87 bits per heavy atom. The minimum Gasteiger partial charge on any atom is -0.352 e. The summed E-state index contributed by atoms with van der Waals surface area (Å²) in [6, 6.07) is 6.57. The lowest BCUT2D eigenvalue weighted by Crippen LogP contribution is -2.49. The summed E-state index contributed by atoms with van der Waals surface area (Å²) in [5, 5.41) is 7.24. The molecular formula is C28H36N6O2S2. The van der Waals surface area contributed by atoms with Gasteiger partial charge in [0.1, 0.15) is 6.33 Å². The number of amides is 2. The van der Waals surface area contributed by atoms with Gasteiger partial charge in [-0.3, -0.25) is 14.6 Å². The van der Waals surface area contributed by atoms with Crippen molar-refractivity contribution in [3.05, 3.63) is 70.2 Å². The molecule has 1 atom stereocenters. The Bertz CT molecular complexity index is 1160. The van der Waals surface area contributed by atoms with Gasteiger partial charge in [-0.2, -0.15) is 11.3 Å². The zero-order valence-corrected chi connectivity index (χ0v) is 23.9. The first-order valence-corrected chi connectivity index (χ1v) is 15.0. The van der Waals surface area contributed by atoms with Crippen molar-refractivity contribution in [2.45, 2.75) is 63.6 Å². The van der Waals surface area contributed by atoms with E-state index in [2.05, 4.69) is 53.8 Å². The molecule has 1 fully saturated rings. The summed E-state index contributed by atoms with van der Waals surface area (Å²) >= 11 is 3.24. The number of nitrogens with one attached hydrogen (secondary N) is 1.